The van der Waals surface area contributed by atoms with Crippen molar-refractivity contribution >= 4 is 37.5 Å². The Bertz CT molecular complexity index is 577. The van der Waals surface area contributed by atoms with Gasteiger partial charge in [-0.15, -0.1) is 0 Å². The van der Waals surface area contributed by atoms with Gasteiger partial charge >= 0.3 is 0 Å². The SMILES string of the molecule is Fc1cc(Br)c(F)c(Br)c1CNNc1ccccc1. The molecule has 2 N–H and O–H groups in total. The van der Waals surface area contributed by atoms with Crippen molar-refractivity contribution in [2.24, 2.45) is 0 Å². The molecule has 0 aliphatic carbocycles. The van der Waals surface area contributed by atoms with Crippen molar-refractivity contribution in [3.05, 3.63) is 62.5 Å². The van der Waals surface area contributed by atoms with Crippen molar-refractivity contribution in [1.29, 1.82) is 0 Å². The van der Waals surface area contributed by atoms with Crippen LogP contribution in [-0.2, 0) is 6.54 Å². The van der Waals surface area contributed by atoms with Gasteiger partial charge in [-0.2, -0.15) is 0 Å². The Morgan fingerprint density at radius 2 is 1.74 bits per heavy atom. The molecule has 0 saturated carbocycles. The van der Waals surface area contributed by atoms with Crippen molar-refractivity contribution in [3.63, 3.8) is 0 Å². The molecule has 100 valence electrons. The molecular formula is C13H10Br2F2N2. The molecule has 0 unspecified atom stereocenters. The molecule has 0 atom stereocenters. The van der Waals surface area contributed by atoms with E-state index >= 15 is 0 Å². The summed E-state index contributed by atoms with van der Waals surface area (Å²) in [5.41, 5.74) is 6.82. The van der Waals surface area contributed by atoms with Gasteiger partial charge in [0.2, 0.25) is 0 Å². The molecule has 19 heavy (non-hydrogen) atoms. The topological polar surface area (TPSA) is 24.1 Å². The lowest BCUT2D eigenvalue weighted by Gasteiger charge is -2.11. The Kier molecular flexibility index (Phi) is 4.90. The van der Waals surface area contributed by atoms with E-state index in [1.807, 2.05) is 30.3 Å². The molecule has 0 saturated heterocycles. The van der Waals surface area contributed by atoms with Crippen LogP contribution in [0.5, 0.6) is 0 Å². The minimum absolute atomic E-state index is 0.0941. The van der Waals surface area contributed by atoms with E-state index in [0.717, 1.165) is 11.8 Å². The maximum Gasteiger partial charge on any atom is 0.152 e. The van der Waals surface area contributed by atoms with E-state index in [9.17, 15) is 8.78 Å². The molecule has 0 fully saturated rings. The highest BCUT2D eigenvalue weighted by Gasteiger charge is 2.14. The highest BCUT2D eigenvalue weighted by molar-refractivity contribution is 9.11. The first-order chi connectivity index (χ1) is 9.09. The van der Waals surface area contributed by atoms with Crippen molar-refractivity contribution in [2.45, 2.75) is 6.54 Å². The molecule has 0 aromatic heterocycles. The number of para-hydroxylation sites is 1. The summed E-state index contributed by atoms with van der Waals surface area (Å²) in [5.74, 6) is -1.000. The largest absolute Gasteiger partial charge is 0.321 e. The van der Waals surface area contributed by atoms with Gasteiger partial charge < -0.3 is 5.43 Å². The second kappa shape index (κ2) is 6.45. The van der Waals surface area contributed by atoms with E-state index in [4.69, 9.17) is 0 Å². The smallest absolute Gasteiger partial charge is 0.152 e. The number of halogens is 4. The van der Waals surface area contributed by atoms with Gasteiger partial charge in [0.25, 0.3) is 0 Å². The van der Waals surface area contributed by atoms with Gasteiger partial charge in [-0.05, 0) is 50.1 Å². The van der Waals surface area contributed by atoms with Gasteiger partial charge in [0.15, 0.2) is 5.82 Å². The predicted octanol–water partition coefficient (Wildman–Crippen LogP) is 4.61. The standard InChI is InChI=1S/C13H10Br2F2N2/c14-10-6-11(16)9(12(15)13(10)17)7-18-19-8-4-2-1-3-5-8/h1-6,18-19H,7H2. The lowest BCUT2D eigenvalue weighted by atomic mass is 10.2. The molecule has 0 aliphatic rings. The molecule has 2 nitrogen and oxygen atoms in total. The molecule has 6 heteroatoms. The summed E-state index contributed by atoms with van der Waals surface area (Å²) in [6.45, 7) is 0.144. The van der Waals surface area contributed by atoms with Crippen molar-refractivity contribution < 1.29 is 8.78 Å². The van der Waals surface area contributed by atoms with Crippen LogP contribution in [0.15, 0.2) is 45.3 Å². The summed E-state index contributed by atoms with van der Waals surface area (Å²) in [7, 11) is 0. The Hall–Kier alpha value is -0.980. The van der Waals surface area contributed by atoms with Gasteiger partial charge in [-0.25, -0.2) is 14.2 Å². The molecule has 0 radical (unpaired) electrons. The van der Waals surface area contributed by atoms with Crippen LogP contribution >= 0.6 is 31.9 Å². The number of nitrogens with one attached hydrogen (secondary N) is 2. The Balaban J connectivity index is 2.06. The van der Waals surface area contributed by atoms with Crippen LogP contribution in [0.25, 0.3) is 0 Å². The number of hydrazine groups is 1. The summed E-state index contributed by atoms with van der Waals surface area (Å²) in [5, 5.41) is 0. The first-order valence-corrected chi connectivity index (χ1v) is 7.04. The van der Waals surface area contributed by atoms with Crippen LogP contribution in [0, 0.1) is 11.6 Å². The van der Waals surface area contributed by atoms with E-state index < -0.39 is 11.6 Å². The van der Waals surface area contributed by atoms with E-state index in [2.05, 4.69) is 42.7 Å². The number of hydrogen-bond donors (Lipinski definition) is 2. The van der Waals surface area contributed by atoms with Crippen LogP contribution in [0.1, 0.15) is 5.56 Å². The molecule has 0 heterocycles. The van der Waals surface area contributed by atoms with Crippen molar-refractivity contribution in [1.82, 2.24) is 5.43 Å². The second-order valence-electron chi connectivity index (χ2n) is 3.79. The van der Waals surface area contributed by atoms with Crippen LogP contribution in [0.4, 0.5) is 14.5 Å². The monoisotopic (exact) mass is 390 g/mol. The van der Waals surface area contributed by atoms with Gasteiger partial charge in [0.1, 0.15) is 5.82 Å². The highest BCUT2D eigenvalue weighted by Crippen LogP contribution is 2.29. The van der Waals surface area contributed by atoms with Gasteiger partial charge in [-0.1, -0.05) is 18.2 Å². The molecule has 0 amide bonds. The fraction of sp³-hybridized carbons (Fsp3) is 0.0769. The predicted molar refractivity (Wildman–Crippen MR) is 78.7 cm³/mol. The maximum absolute atomic E-state index is 13.7. The lowest BCUT2D eigenvalue weighted by molar-refractivity contribution is 0.567. The van der Waals surface area contributed by atoms with Crippen LogP contribution in [0.3, 0.4) is 0 Å². The summed E-state index contributed by atoms with van der Waals surface area (Å²) >= 11 is 6.01. The van der Waals surface area contributed by atoms with Gasteiger partial charge in [0.05, 0.1) is 8.95 Å². The minimum Gasteiger partial charge on any atom is -0.321 e. The average Bonchev–Trinajstić information content (AvgIpc) is 2.41. The second-order valence-corrected chi connectivity index (χ2v) is 5.44. The third kappa shape index (κ3) is 3.52. The summed E-state index contributed by atoms with van der Waals surface area (Å²) in [4.78, 5) is 0. The molecule has 2 aromatic rings. The first kappa shape index (κ1) is 14.4. The van der Waals surface area contributed by atoms with E-state index in [-0.39, 0.29) is 21.1 Å². The van der Waals surface area contributed by atoms with E-state index in [1.54, 1.807) is 0 Å². The van der Waals surface area contributed by atoms with Crippen molar-refractivity contribution in [3.8, 4) is 0 Å². The highest BCUT2D eigenvalue weighted by atomic mass is 79.9. The Labute approximate surface area is 126 Å². The molecule has 0 bridgehead atoms. The molecular weight excluding hydrogens is 382 g/mol. The van der Waals surface area contributed by atoms with Gasteiger partial charge in [-0.3, -0.25) is 0 Å². The molecule has 0 spiro atoms. The Morgan fingerprint density at radius 1 is 1.05 bits per heavy atom. The fourth-order valence-electron chi connectivity index (χ4n) is 1.52. The Morgan fingerprint density at radius 3 is 2.42 bits per heavy atom. The molecule has 0 aliphatic heterocycles. The normalized spacial score (nSPS) is 10.5. The first-order valence-electron chi connectivity index (χ1n) is 5.45. The van der Waals surface area contributed by atoms with Crippen molar-refractivity contribution in [2.75, 3.05) is 5.43 Å². The summed E-state index contributed by atoms with van der Waals surface area (Å²) in [6, 6.07) is 10.5. The van der Waals surface area contributed by atoms with Crippen LogP contribution < -0.4 is 10.9 Å². The zero-order valence-electron chi connectivity index (χ0n) is 9.68. The molecule has 2 rings (SSSR count). The van der Waals surface area contributed by atoms with Crippen LogP contribution in [0.2, 0.25) is 0 Å². The number of rotatable bonds is 4. The van der Waals surface area contributed by atoms with E-state index in [0.29, 0.717) is 0 Å². The maximum atomic E-state index is 13.7. The number of anilines is 1. The lowest BCUT2D eigenvalue weighted by Crippen LogP contribution is -2.22. The van der Waals surface area contributed by atoms with E-state index in [1.165, 1.54) is 0 Å². The number of benzene rings is 2. The third-order valence-corrected chi connectivity index (χ3v) is 3.88. The third-order valence-electron chi connectivity index (χ3n) is 2.48. The summed E-state index contributed by atoms with van der Waals surface area (Å²) in [6.07, 6.45) is 0. The zero-order chi connectivity index (χ0) is 13.8. The quantitative estimate of drug-likeness (QED) is 0.452. The fourth-order valence-corrected chi connectivity index (χ4v) is 2.73. The number of hydrogen-bond acceptors (Lipinski definition) is 2. The zero-order valence-corrected chi connectivity index (χ0v) is 12.9. The van der Waals surface area contributed by atoms with Crippen LogP contribution in [-0.4, -0.2) is 0 Å². The minimum atomic E-state index is -0.516. The van der Waals surface area contributed by atoms with Gasteiger partial charge in [0, 0.05) is 17.8 Å². The summed E-state index contributed by atoms with van der Waals surface area (Å²) < 4.78 is 27.5. The average molecular weight is 392 g/mol. The molecule has 2 aromatic carbocycles.